The van der Waals surface area contributed by atoms with Crippen LogP contribution in [0.1, 0.15) is 0 Å². The minimum absolute atomic E-state index is 0.664. The molecule has 0 spiro atoms. The molecule has 0 aliphatic rings. The maximum Gasteiger partial charge on any atom is 0.150 e. The van der Waals surface area contributed by atoms with Crippen LogP contribution in [-0.2, 0) is 6.54 Å². The van der Waals surface area contributed by atoms with Crippen LogP contribution in [0, 0.1) is 0 Å². The lowest BCUT2D eigenvalue weighted by atomic mass is 10.2. The van der Waals surface area contributed by atoms with Gasteiger partial charge in [-0.25, -0.2) is 4.98 Å². The smallest absolute Gasteiger partial charge is 0.150 e. The lowest BCUT2D eigenvalue weighted by Gasteiger charge is -2.08. The Bertz CT molecular complexity index is 807. The van der Waals surface area contributed by atoms with Gasteiger partial charge in [-0.05, 0) is 0 Å². The number of fused-ring (bicyclic) bond motifs is 1. The SMILES string of the molecule is C=CCn1c(-c2ccccc2)nc2c(OC)cc(OC)cc21. The third-order valence-electron chi connectivity index (χ3n) is 3.59. The van der Waals surface area contributed by atoms with Crippen LogP contribution in [0.2, 0.25) is 0 Å². The highest BCUT2D eigenvalue weighted by Gasteiger charge is 2.16. The van der Waals surface area contributed by atoms with Crippen LogP contribution in [0.3, 0.4) is 0 Å². The first kappa shape index (κ1) is 14.2. The van der Waals surface area contributed by atoms with Crippen LogP contribution in [-0.4, -0.2) is 23.8 Å². The number of hydrogen-bond acceptors (Lipinski definition) is 3. The summed E-state index contributed by atoms with van der Waals surface area (Å²) < 4.78 is 13.0. The number of nitrogens with zero attached hydrogens (tertiary/aromatic N) is 2. The molecule has 0 fully saturated rings. The molecule has 0 saturated heterocycles. The molecule has 0 N–H and O–H groups in total. The van der Waals surface area contributed by atoms with E-state index in [4.69, 9.17) is 14.5 Å². The predicted molar refractivity (Wildman–Crippen MR) is 88.5 cm³/mol. The normalized spacial score (nSPS) is 10.6. The highest BCUT2D eigenvalue weighted by atomic mass is 16.5. The predicted octanol–water partition coefficient (Wildman–Crippen LogP) is 3.91. The molecule has 4 nitrogen and oxygen atoms in total. The number of methoxy groups -OCH3 is 2. The van der Waals surface area contributed by atoms with Crippen LogP contribution < -0.4 is 9.47 Å². The second-order valence-corrected chi connectivity index (χ2v) is 4.90. The van der Waals surface area contributed by atoms with Crippen LogP contribution in [0.15, 0.2) is 55.1 Å². The number of rotatable bonds is 5. The first-order chi connectivity index (χ1) is 10.8. The highest BCUT2D eigenvalue weighted by molar-refractivity contribution is 5.87. The molecule has 0 unspecified atom stereocenters. The molecule has 0 atom stereocenters. The van der Waals surface area contributed by atoms with Crippen molar-refractivity contribution in [3.63, 3.8) is 0 Å². The number of ether oxygens (including phenoxy) is 2. The lowest BCUT2D eigenvalue weighted by molar-refractivity contribution is 0.397. The van der Waals surface area contributed by atoms with Crippen LogP contribution >= 0.6 is 0 Å². The van der Waals surface area contributed by atoms with Crippen LogP contribution in [0.4, 0.5) is 0 Å². The van der Waals surface area contributed by atoms with Gasteiger partial charge in [0.2, 0.25) is 0 Å². The van der Waals surface area contributed by atoms with Gasteiger partial charge in [-0.3, -0.25) is 0 Å². The van der Waals surface area contributed by atoms with Gasteiger partial charge in [0.15, 0.2) is 0 Å². The van der Waals surface area contributed by atoms with Crippen molar-refractivity contribution in [3.8, 4) is 22.9 Å². The van der Waals surface area contributed by atoms with Crippen LogP contribution in [0.5, 0.6) is 11.5 Å². The minimum atomic E-state index is 0.664. The average Bonchev–Trinajstić information content (AvgIpc) is 2.94. The Kier molecular flexibility index (Phi) is 3.83. The summed E-state index contributed by atoms with van der Waals surface area (Å²) in [7, 11) is 3.29. The van der Waals surface area contributed by atoms with E-state index in [1.54, 1.807) is 14.2 Å². The zero-order chi connectivity index (χ0) is 15.5. The van der Waals surface area contributed by atoms with Gasteiger partial charge in [0.1, 0.15) is 22.8 Å². The van der Waals surface area contributed by atoms with Gasteiger partial charge in [-0.1, -0.05) is 36.4 Å². The van der Waals surface area contributed by atoms with Gasteiger partial charge in [0.05, 0.1) is 19.7 Å². The Morgan fingerprint density at radius 3 is 2.55 bits per heavy atom. The molecule has 4 heteroatoms. The first-order valence-electron chi connectivity index (χ1n) is 7.07. The molecule has 0 saturated carbocycles. The van der Waals surface area contributed by atoms with E-state index in [-0.39, 0.29) is 0 Å². The van der Waals surface area contributed by atoms with E-state index < -0.39 is 0 Å². The van der Waals surface area contributed by atoms with E-state index in [9.17, 15) is 0 Å². The van der Waals surface area contributed by atoms with E-state index in [0.29, 0.717) is 12.3 Å². The van der Waals surface area contributed by atoms with Crippen molar-refractivity contribution >= 4 is 11.0 Å². The molecule has 0 bridgehead atoms. The minimum Gasteiger partial charge on any atom is -0.497 e. The maximum absolute atomic E-state index is 5.47. The summed E-state index contributed by atoms with van der Waals surface area (Å²) in [6, 6.07) is 13.9. The lowest BCUT2D eigenvalue weighted by Crippen LogP contribution is -1.98. The van der Waals surface area contributed by atoms with Gasteiger partial charge in [0, 0.05) is 24.2 Å². The molecule has 1 heterocycles. The molecule has 22 heavy (non-hydrogen) atoms. The third kappa shape index (κ3) is 2.33. The van der Waals surface area contributed by atoms with Gasteiger partial charge in [-0.2, -0.15) is 0 Å². The van der Waals surface area contributed by atoms with E-state index in [2.05, 4.69) is 11.1 Å². The Morgan fingerprint density at radius 2 is 1.91 bits per heavy atom. The van der Waals surface area contributed by atoms with Crippen molar-refractivity contribution in [2.75, 3.05) is 14.2 Å². The monoisotopic (exact) mass is 294 g/mol. The molecule has 2 aromatic carbocycles. The fraction of sp³-hybridized carbons (Fsp3) is 0.167. The van der Waals surface area contributed by atoms with Crippen molar-refractivity contribution in [2.24, 2.45) is 0 Å². The molecule has 0 amide bonds. The fourth-order valence-corrected chi connectivity index (χ4v) is 2.56. The molecule has 1 aromatic heterocycles. The number of allylic oxidation sites excluding steroid dienone is 1. The van der Waals surface area contributed by atoms with E-state index in [1.165, 1.54) is 0 Å². The van der Waals surface area contributed by atoms with Gasteiger partial charge >= 0.3 is 0 Å². The van der Waals surface area contributed by atoms with Crippen molar-refractivity contribution in [1.29, 1.82) is 0 Å². The molecule has 0 aliphatic heterocycles. The highest BCUT2D eigenvalue weighted by Crippen LogP contribution is 2.34. The number of hydrogen-bond donors (Lipinski definition) is 0. The summed E-state index contributed by atoms with van der Waals surface area (Å²) in [6.45, 7) is 4.51. The van der Waals surface area contributed by atoms with Crippen molar-refractivity contribution in [1.82, 2.24) is 9.55 Å². The third-order valence-corrected chi connectivity index (χ3v) is 3.59. The Labute approximate surface area is 129 Å². The Balaban J connectivity index is 2.33. The molecule has 0 aliphatic carbocycles. The molecular weight excluding hydrogens is 276 g/mol. The standard InChI is InChI=1S/C18H18N2O2/c1-4-10-20-15-11-14(21-2)12-16(22-3)17(15)19-18(20)13-8-6-5-7-9-13/h4-9,11-12H,1,10H2,2-3H3. The molecular formula is C18H18N2O2. The summed E-state index contributed by atoms with van der Waals surface area (Å²) in [5, 5.41) is 0. The number of benzene rings is 2. The summed E-state index contributed by atoms with van der Waals surface area (Å²) >= 11 is 0. The zero-order valence-electron chi connectivity index (χ0n) is 12.7. The average molecular weight is 294 g/mol. The number of imidazole rings is 1. The fourth-order valence-electron chi connectivity index (χ4n) is 2.56. The van der Waals surface area contributed by atoms with Crippen molar-refractivity contribution in [2.45, 2.75) is 6.54 Å². The first-order valence-corrected chi connectivity index (χ1v) is 7.07. The maximum atomic E-state index is 5.47. The molecule has 3 rings (SSSR count). The summed E-state index contributed by atoms with van der Waals surface area (Å²) in [4.78, 5) is 4.78. The zero-order valence-corrected chi connectivity index (χ0v) is 12.7. The van der Waals surface area contributed by atoms with Crippen molar-refractivity contribution < 1.29 is 9.47 Å². The largest absolute Gasteiger partial charge is 0.497 e. The molecule has 3 aromatic rings. The van der Waals surface area contributed by atoms with Gasteiger partial charge in [0.25, 0.3) is 0 Å². The van der Waals surface area contributed by atoms with E-state index in [1.807, 2.05) is 48.5 Å². The summed E-state index contributed by atoms with van der Waals surface area (Å²) in [5.41, 5.74) is 2.85. The molecule has 0 radical (unpaired) electrons. The van der Waals surface area contributed by atoms with Gasteiger partial charge < -0.3 is 14.0 Å². The Hall–Kier alpha value is -2.75. The topological polar surface area (TPSA) is 36.3 Å². The summed E-state index contributed by atoms with van der Waals surface area (Å²) in [5.74, 6) is 2.34. The van der Waals surface area contributed by atoms with Crippen LogP contribution in [0.25, 0.3) is 22.4 Å². The second kappa shape index (κ2) is 5.93. The Morgan fingerprint density at radius 1 is 1.14 bits per heavy atom. The van der Waals surface area contributed by atoms with Gasteiger partial charge in [-0.15, -0.1) is 6.58 Å². The van der Waals surface area contributed by atoms with E-state index >= 15 is 0 Å². The second-order valence-electron chi connectivity index (χ2n) is 4.90. The quantitative estimate of drug-likeness (QED) is 0.669. The van der Waals surface area contributed by atoms with Crippen molar-refractivity contribution in [3.05, 3.63) is 55.1 Å². The summed E-state index contributed by atoms with van der Waals surface area (Å²) in [6.07, 6.45) is 1.86. The molecule has 112 valence electrons. The van der Waals surface area contributed by atoms with E-state index in [0.717, 1.165) is 28.2 Å². The number of aromatic nitrogens is 2.